The number of amides is 1. The van der Waals surface area contributed by atoms with Crippen LogP contribution in [-0.2, 0) is 4.74 Å². The van der Waals surface area contributed by atoms with E-state index in [-0.39, 0.29) is 5.91 Å². The molecule has 1 rings (SSSR count). The number of carbonyl (C=O) groups is 1. The summed E-state index contributed by atoms with van der Waals surface area (Å²) in [6, 6.07) is 1.68. The second kappa shape index (κ2) is 8.35. The van der Waals surface area contributed by atoms with Crippen LogP contribution in [0.3, 0.4) is 0 Å². The van der Waals surface area contributed by atoms with Gasteiger partial charge in [-0.3, -0.25) is 4.79 Å². The second-order valence-electron chi connectivity index (χ2n) is 4.55. The molecule has 0 N–H and O–H groups in total. The molecule has 0 saturated carbocycles. The largest absolute Gasteiger partial charge is 0.457 e. The van der Waals surface area contributed by atoms with Crippen LogP contribution >= 0.6 is 15.9 Å². The molecule has 0 spiro atoms. The molecule has 0 aromatic carbocycles. The molecule has 1 heterocycles. The van der Waals surface area contributed by atoms with Crippen molar-refractivity contribution >= 4 is 21.8 Å². The molecule has 6 heteroatoms. The summed E-state index contributed by atoms with van der Waals surface area (Å²) in [6.45, 7) is 2.77. The van der Waals surface area contributed by atoms with Crippen molar-refractivity contribution < 1.29 is 13.9 Å². The van der Waals surface area contributed by atoms with E-state index in [0.717, 1.165) is 13.0 Å². The normalized spacial score (nSPS) is 11.0. The number of nitrogens with zero attached hydrogens (tertiary/aromatic N) is 2. The number of ether oxygens (including phenoxy) is 1. The Labute approximate surface area is 122 Å². The smallest absolute Gasteiger partial charge is 0.258 e. The lowest BCUT2D eigenvalue weighted by molar-refractivity contribution is 0.0687. The van der Waals surface area contributed by atoms with Crippen molar-refractivity contribution in [3.05, 3.63) is 22.6 Å². The highest BCUT2D eigenvalue weighted by Gasteiger charge is 2.19. The van der Waals surface area contributed by atoms with Gasteiger partial charge in [-0.05, 0) is 49.1 Å². The van der Waals surface area contributed by atoms with Gasteiger partial charge in [0.15, 0.2) is 4.67 Å². The minimum absolute atomic E-state index is 0.0311. The van der Waals surface area contributed by atoms with Crippen LogP contribution in [-0.4, -0.2) is 63.2 Å². The quantitative estimate of drug-likeness (QED) is 0.731. The molecule has 0 aliphatic carbocycles. The number of furan rings is 1. The first-order valence-corrected chi connectivity index (χ1v) is 7.01. The monoisotopic (exact) mass is 332 g/mol. The number of rotatable bonds is 8. The van der Waals surface area contributed by atoms with Crippen molar-refractivity contribution in [1.29, 1.82) is 0 Å². The SMILES string of the molecule is COCCN(CCCN(C)C)C(=O)c1ccoc1Br. The van der Waals surface area contributed by atoms with Crippen LogP contribution in [0.25, 0.3) is 0 Å². The van der Waals surface area contributed by atoms with Crippen molar-refractivity contribution in [2.24, 2.45) is 0 Å². The third kappa shape index (κ3) is 5.34. The fourth-order valence-electron chi connectivity index (χ4n) is 1.71. The summed E-state index contributed by atoms with van der Waals surface area (Å²) in [7, 11) is 5.68. The number of halogens is 1. The lowest BCUT2D eigenvalue weighted by Gasteiger charge is -2.22. The van der Waals surface area contributed by atoms with Crippen molar-refractivity contribution in [3.63, 3.8) is 0 Å². The van der Waals surface area contributed by atoms with Crippen LogP contribution < -0.4 is 0 Å². The van der Waals surface area contributed by atoms with E-state index in [1.54, 1.807) is 18.1 Å². The van der Waals surface area contributed by atoms with Gasteiger partial charge in [0.05, 0.1) is 18.4 Å². The summed E-state index contributed by atoms with van der Waals surface area (Å²) >= 11 is 3.24. The van der Waals surface area contributed by atoms with Crippen molar-refractivity contribution in [2.75, 3.05) is 47.4 Å². The predicted molar refractivity (Wildman–Crippen MR) is 77.4 cm³/mol. The Bertz CT molecular complexity index is 393. The first-order chi connectivity index (χ1) is 9.06. The lowest BCUT2D eigenvalue weighted by Crippen LogP contribution is -2.36. The van der Waals surface area contributed by atoms with Gasteiger partial charge in [-0.25, -0.2) is 0 Å². The maximum atomic E-state index is 12.4. The molecule has 1 aromatic rings. The molecule has 108 valence electrons. The van der Waals surface area contributed by atoms with Crippen molar-refractivity contribution in [1.82, 2.24) is 9.80 Å². The zero-order chi connectivity index (χ0) is 14.3. The minimum atomic E-state index is -0.0311. The molecule has 0 atom stereocenters. The van der Waals surface area contributed by atoms with Gasteiger partial charge in [0.1, 0.15) is 0 Å². The first-order valence-electron chi connectivity index (χ1n) is 6.22. The molecule has 1 amide bonds. The zero-order valence-electron chi connectivity index (χ0n) is 11.7. The summed E-state index contributed by atoms with van der Waals surface area (Å²) in [5.74, 6) is -0.0311. The standard InChI is InChI=1S/C13H21BrN2O3/c1-15(2)6-4-7-16(8-10-18-3)13(17)11-5-9-19-12(11)14/h5,9H,4,6-8,10H2,1-3H3. The number of hydrogen-bond acceptors (Lipinski definition) is 4. The Balaban J connectivity index is 2.62. The molecule has 0 radical (unpaired) electrons. The molecule has 1 aromatic heterocycles. The van der Waals surface area contributed by atoms with E-state index in [9.17, 15) is 4.79 Å². The van der Waals surface area contributed by atoms with E-state index >= 15 is 0 Å². The zero-order valence-corrected chi connectivity index (χ0v) is 13.3. The summed E-state index contributed by atoms with van der Waals surface area (Å²) < 4.78 is 10.6. The van der Waals surface area contributed by atoms with Crippen molar-refractivity contribution in [2.45, 2.75) is 6.42 Å². The molecule has 0 bridgehead atoms. The van der Waals surface area contributed by atoms with Crippen LogP contribution in [0.2, 0.25) is 0 Å². The molecular weight excluding hydrogens is 312 g/mol. The second-order valence-corrected chi connectivity index (χ2v) is 5.27. The molecule has 0 unspecified atom stereocenters. The Morgan fingerprint density at radius 1 is 1.37 bits per heavy atom. The molecule has 0 saturated heterocycles. The van der Waals surface area contributed by atoms with E-state index in [4.69, 9.17) is 9.15 Å². The molecule has 19 heavy (non-hydrogen) atoms. The van der Waals surface area contributed by atoms with Crippen LogP contribution in [0.4, 0.5) is 0 Å². The number of methoxy groups -OCH3 is 1. The van der Waals surface area contributed by atoms with Gasteiger partial charge in [0, 0.05) is 20.2 Å². The maximum Gasteiger partial charge on any atom is 0.258 e. The number of hydrogen-bond donors (Lipinski definition) is 0. The maximum absolute atomic E-state index is 12.4. The summed E-state index contributed by atoms with van der Waals surface area (Å²) in [6.07, 6.45) is 2.43. The Morgan fingerprint density at radius 3 is 2.63 bits per heavy atom. The van der Waals surface area contributed by atoms with E-state index < -0.39 is 0 Å². The van der Waals surface area contributed by atoms with E-state index in [0.29, 0.717) is 29.9 Å². The average Bonchev–Trinajstić information content (AvgIpc) is 2.78. The molecular formula is C13H21BrN2O3. The molecule has 5 nitrogen and oxygen atoms in total. The van der Waals surface area contributed by atoms with Crippen LogP contribution in [0.5, 0.6) is 0 Å². The van der Waals surface area contributed by atoms with Crippen molar-refractivity contribution in [3.8, 4) is 0 Å². The van der Waals surface area contributed by atoms with Gasteiger partial charge >= 0.3 is 0 Å². The van der Waals surface area contributed by atoms with Crippen LogP contribution in [0, 0.1) is 0 Å². The molecule has 0 aliphatic heterocycles. The van der Waals surface area contributed by atoms with Gasteiger partial charge in [-0.1, -0.05) is 0 Å². The highest BCUT2D eigenvalue weighted by molar-refractivity contribution is 9.10. The third-order valence-corrected chi connectivity index (χ3v) is 3.35. The molecule has 0 fully saturated rings. The molecule has 0 aliphatic rings. The van der Waals surface area contributed by atoms with E-state index in [2.05, 4.69) is 20.8 Å². The minimum Gasteiger partial charge on any atom is -0.457 e. The number of carbonyl (C=O) groups excluding carboxylic acids is 1. The topological polar surface area (TPSA) is 45.9 Å². The predicted octanol–water partition coefficient (Wildman–Crippen LogP) is 2.08. The Kier molecular flexibility index (Phi) is 7.12. The Hall–Kier alpha value is -0.850. The first kappa shape index (κ1) is 16.2. The summed E-state index contributed by atoms with van der Waals surface area (Å²) in [5, 5.41) is 0. The van der Waals surface area contributed by atoms with Crippen LogP contribution in [0.15, 0.2) is 21.4 Å². The van der Waals surface area contributed by atoms with Gasteiger partial charge in [0.2, 0.25) is 0 Å². The van der Waals surface area contributed by atoms with Gasteiger partial charge in [-0.15, -0.1) is 0 Å². The fraction of sp³-hybridized carbons (Fsp3) is 0.615. The lowest BCUT2D eigenvalue weighted by atomic mass is 10.2. The van der Waals surface area contributed by atoms with E-state index in [1.807, 2.05) is 14.1 Å². The highest BCUT2D eigenvalue weighted by Crippen LogP contribution is 2.19. The Morgan fingerprint density at radius 2 is 2.11 bits per heavy atom. The van der Waals surface area contributed by atoms with E-state index in [1.165, 1.54) is 6.26 Å². The van der Waals surface area contributed by atoms with Gasteiger partial charge in [0.25, 0.3) is 5.91 Å². The summed E-state index contributed by atoms with van der Waals surface area (Å²) in [4.78, 5) is 16.3. The van der Waals surface area contributed by atoms with Gasteiger partial charge in [-0.2, -0.15) is 0 Å². The summed E-state index contributed by atoms with van der Waals surface area (Å²) in [5.41, 5.74) is 0.556. The van der Waals surface area contributed by atoms with Gasteiger partial charge < -0.3 is 19.0 Å². The van der Waals surface area contributed by atoms with Crippen LogP contribution in [0.1, 0.15) is 16.8 Å². The fourth-order valence-corrected chi connectivity index (χ4v) is 2.12. The highest BCUT2D eigenvalue weighted by atomic mass is 79.9. The third-order valence-electron chi connectivity index (χ3n) is 2.73. The average molecular weight is 333 g/mol.